The molecule has 0 saturated carbocycles. The van der Waals surface area contributed by atoms with E-state index in [9.17, 15) is 5.11 Å². The van der Waals surface area contributed by atoms with Gasteiger partial charge in [-0.3, -0.25) is 0 Å². The molecule has 17 heavy (non-hydrogen) atoms. The van der Waals surface area contributed by atoms with E-state index >= 15 is 0 Å². The summed E-state index contributed by atoms with van der Waals surface area (Å²) in [6, 6.07) is 0. The van der Waals surface area contributed by atoms with Gasteiger partial charge in [-0.2, -0.15) is 0 Å². The molecule has 1 heterocycles. The SMILES string of the molecule is CC1=CC[C@@H]([C@@]2(C)CC[C@@H](O)C(C)(C)O2)CC1. The van der Waals surface area contributed by atoms with Crippen LogP contribution in [0.25, 0.3) is 0 Å². The fraction of sp³-hybridized carbons (Fsp3) is 0.867. The van der Waals surface area contributed by atoms with Crippen LogP contribution >= 0.6 is 0 Å². The fourth-order valence-electron chi connectivity index (χ4n) is 3.30. The maximum atomic E-state index is 9.97. The average Bonchev–Trinajstić information content (AvgIpc) is 2.24. The summed E-state index contributed by atoms with van der Waals surface area (Å²) >= 11 is 0. The normalized spacial score (nSPS) is 42.1. The van der Waals surface area contributed by atoms with Gasteiger partial charge < -0.3 is 9.84 Å². The predicted molar refractivity (Wildman–Crippen MR) is 69.9 cm³/mol. The third-order valence-electron chi connectivity index (χ3n) is 4.71. The summed E-state index contributed by atoms with van der Waals surface area (Å²) < 4.78 is 6.27. The van der Waals surface area contributed by atoms with E-state index in [2.05, 4.69) is 19.9 Å². The largest absolute Gasteiger partial charge is 0.390 e. The zero-order valence-electron chi connectivity index (χ0n) is 11.6. The van der Waals surface area contributed by atoms with Crippen molar-refractivity contribution in [3.63, 3.8) is 0 Å². The van der Waals surface area contributed by atoms with E-state index in [-0.39, 0.29) is 11.7 Å². The third kappa shape index (κ3) is 2.58. The van der Waals surface area contributed by atoms with Crippen molar-refractivity contribution in [2.45, 2.75) is 77.1 Å². The van der Waals surface area contributed by atoms with Gasteiger partial charge in [-0.25, -0.2) is 0 Å². The highest BCUT2D eigenvalue weighted by molar-refractivity contribution is 5.07. The minimum absolute atomic E-state index is 0.0556. The second-order valence-corrected chi connectivity index (χ2v) is 6.59. The average molecular weight is 238 g/mol. The van der Waals surface area contributed by atoms with Gasteiger partial charge in [0.2, 0.25) is 0 Å². The molecule has 0 aromatic rings. The Morgan fingerprint density at radius 2 is 2.00 bits per heavy atom. The summed E-state index contributed by atoms with van der Waals surface area (Å²) in [5.74, 6) is 0.609. The molecule has 1 saturated heterocycles. The number of hydrogen-bond donors (Lipinski definition) is 1. The van der Waals surface area contributed by atoms with Crippen molar-refractivity contribution in [1.29, 1.82) is 0 Å². The molecule has 0 bridgehead atoms. The zero-order chi connectivity index (χ0) is 12.7. The summed E-state index contributed by atoms with van der Waals surface area (Å²) in [7, 11) is 0. The molecule has 0 amide bonds. The smallest absolute Gasteiger partial charge is 0.0891 e. The third-order valence-corrected chi connectivity index (χ3v) is 4.71. The van der Waals surface area contributed by atoms with Crippen molar-refractivity contribution >= 4 is 0 Å². The van der Waals surface area contributed by atoms with Gasteiger partial charge in [0.05, 0.1) is 17.3 Å². The molecule has 1 fully saturated rings. The first kappa shape index (κ1) is 13.1. The fourth-order valence-corrected chi connectivity index (χ4v) is 3.30. The highest BCUT2D eigenvalue weighted by Gasteiger charge is 2.46. The second-order valence-electron chi connectivity index (χ2n) is 6.59. The molecular weight excluding hydrogens is 212 g/mol. The van der Waals surface area contributed by atoms with Crippen molar-refractivity contribution in [3.8, 4) is 0 Å². The molecule has 2 aliphatic rings. The van der Waals surface area contributed by atoms with Crippen molar-refractivity contribution < 1.29 is 9.84 Å². The van der Waals surface area contributed by atoms with Crippen LogP contribution in [0.4, 0.5) is 0 Å². The lowest BCUT2D eigenvalue weighted by atomic mass is 9.73. The summed E-state index contributed by atoms with van der Waals surface area (Å²) in [6.45, 7) is 8.48. The number of aliphatic hydroxyl groups excluding tert-OH is 1. The molecule has 98 valence electrons. The first-order chi connectivity index (χ1) is 7.83. The Balaban J connectivity index is 2.10. The minimum atomic E-state index is -0.400. The topological polar surface area (TPSA) is 29.5 Å². The Hall–Kier alpha value is -0.340. The number of ether oxygens (including phenoxy) is 1. The lowest BCUT2D eigenvalue weighted by molar-refractivity contribution is -0.233. The van der Waals surface area contributed by atoms with Crippen molar-refractivity contribution in [3.05, 3.63) is 11.6 Å². The lowest BCUT2D eigenvalue weighted by Crippen LogP contribution is -2.55. The quantitative estimate of drug-likeness (QED) is 0.709. The van der Waals surface area contributed by atoms with E-state index in [1.807, 2.05) is 13.8 Å². The summed E-state index contributed by atoms with van der Waals surface area (Å²) in [5.41, 5.74) is 1.06. The second kappa shape index (κ2) is 4.40. The summed E-state index contributed by atoms with van der Waals surface area (Å²) in [5, 5.41) is 9.97. The van der Waals surface area contributed by atoms with Gasteiger partial charge in [-0.05, 0) is 65.7 Å². The van der Waals surface area contributed by atoms with E-state index in [0.29, 0.717) is 5.92 Å². The van der Waals surface area contributed by atoms with Crippen molar-refractivity contribution in [2.24, 2.45) is 5.92 Å². The molecular formula is C15H26O2. The monoisotopic (exact) mass is 238 g/mol. The first-order valence-corrected chi connectivity index (χ1v) is 6.87. The van der Waals surface area contributed by atoms with E-state index in [4.69, 9.17) is 4.74 Å². The van der Waals surface area contributed by atoms with E-state index in [1.54, 1.807) is 0 Å². The molecule has 0 radical (unpaired) electrons. The molecule has 0 spiro atoms. The number of allylic oxidation sites excluding steroid dienone is 2. The maximum Gasteiger partial charge on any atom is 0.0891 e. The molecule has 0 aromatic carbocycles. The number of aliphatic hydroxyl groups is 1. The van der Waals surface area contributed by atoms with Crippen LogP contribution in [0.1, 0.15) is 59.8 Å². The highest BCUT2D eigenvalue weighted by atomic mass is 16.5. The zero-order valence-corrected chi connectivity index (χ0v) is 11.6. The molecule has 1 aliphatic heterocycles. The van der Waals surface area contributed by atoms with Gasteiger partial charge in [0, 0.05) is 0 Å². The Labute approximate surface area is 105 Å². The number of hydrogen-bond acceptors (Lipinski definition) is 2. The molecule has 1 aliphatic carbocycles. The van der Waals surface area contributed by atoms with Crippen LogP contribution in [0.3, 0.4) is 0 Å². The molecule has 2 nitrogen and oxygen atoms in total. The van der Waals surface area contributed by atoms with Gasteiger partial charge in [0.15, 0.2) is 0 Å². The maximum absolute atomic E-state index is 9.97. The van der Waals surface area contributed by atoms with E-state index in [1.165, 1.54) is 18.4 Å². The van der Waals surface area contributed by atoms with Crippen LogP contribution in [-0.2, 0) is 4.74 Å². The molecule has 0 aromatic heterocycles. The van der Waals surface area contributed by atoms with Crippen LogP contribution in [0, 0.1) is 5.92 Å². The summed E-state index contributed by atoms with van der Waals surface area (Å²) in [6.07, 6.45) is 7.45. The molecule has 0 unspecified atom stereocenters. The lowest BCUT2D eigenvalue weighted by Gasteiger charge is -2.50. The predicted octanol–water partition coefficient (Wildman–Crippen LogP) is 3.44. The summed E-state index contributed by atoms with van der Waals surface area (Å²) in [4.78, 5) is 0. The Morgan fingerprint density at radius 3 is 2.53 bits per heavy atom. The number of rotatable bonds is 1. The van der Waals surface area contributed by atoms with Crippen LogP contribution in [0.5, 0.6) is 0 Å². The Morgan fingerprint density at radius 1 is 1.29 bits per heavy atom. The molecule has 1 N–H and O–H groups in total. The van der Waals surface area contributed by atoms with Crippen LogP contribution in [0.15, 0.2) is 11.6 Å². The van der Waals surface area contributed by atoms with Gasteiger partial charge in [-0.1, -0.05) is 11.6 Å². The molecule has 2 rings (SSSR count). The molecule has 3 atom stereocenters. The minimum Gasteiger partial charge on any atom is -0.390 e. The van der Waals surface area contributed by atoms with Crippen LogP contribution < -0.4 is 0 Å². The standard InChI is InChI=1S/C15H26O2/c1-11-5-7-12(8-6-11)15(4)10-9-13(16)14(2,3)17-15/h5,12-13,16H,6-10H2,1-4H3/t12-,13-,15-/m1/s1. The van der Waals surface area contributed by atoms with Crippen LogP contribution in [-0.4, -0.2) is 22.4 Å². The Bertz CT molecular complexity index is 319. The highest BCUT2D eigenvalue weighted by Crippen LogP contribution is 2.44. The molecule has 2 heteroatoms. The van der Waals surface area contributed by atoms with Gasteiger partial charge in [0.1, 0.15) is 0 Å². The van der Waals surface area contributed by atoms with Crippen molar-refractivity contribution in [2.75, 3.05) is 0 Å². The first-order valence-electron chi connectivity index (χ1n) is 6.87. The van der Waals surface area contributed by atoms with E-state index in [0.717, 1.165) is 19.3 Å². The van der Waals surface area contributed by atoms with Crippen molar-refractivity contribution in [1.82, 2.24) is 0 Å². The Kier molecular flexibility index (Phi) is 3.39. The van der Waals surface area contributed by atoms with Gasteiger partial charge >= 0.3 is 0 Å². The van der Waals surface area contributed by atoms with Crippen LogP contribution in [0.2, 0.25) is 0 Å². The van der Waals surface area contributed by atoms with Gasteiger partial charge in [-0.15, -0.1) is 0 Å². The van der Waals surface area contributed by atoms with E-state index < -0.39 is 5.60 Å². The van der Waals surface area contributed by atoms with Gasteiger partial charge in [0.25, 0.3) is 0 Å².